The van der Waals surface area contributed by atoms with Gasteiger partial charge >= 0.3 is 0 Å². The molecule has 146 valence electrons. The lowest BCUT2D eigenvalue weighted by molar-refractivity contribution is 0.111. The molecule has 0 fully saturated rings. The van der Waals surface area contributed by atoms with Crippen LogP contribution in [0.2, 0.25) is 19.6 Å². The maximum absolute atomic E-state index is 11.9. The predicted octanol–water partition coefficient (Wildman–Crippen LogP) is 6.21. The molecule has 4 heteroatoms. The van der Waals surface area contributed by atoms with Crippen molar-refractivity contribution in [2.45, 2.75) is 66.3 Å². The van der Waals surface area contributed by atoms with E-state index >= 15 is 0 Å². The molecule has 0 N–H and O–H groups in total. The molecule has 0 atom stereocenters. The fourth-order valence-electron chi connectivity index (χ4n) is 3.15. The summed E-state index contributed by atoms with van der Waals surface area (Å²) in [4.78, 5) is 11.9. The van der Waals surface area contributed by atoms with Gasteiger partial charge in [-0.15, -0.1) is 0 Å². The third-order valence-corrected chi connectivity index (χ3v) is 5.22. The van der Waals surface area contributed by atoms with E-state index in [1.54, 1.807) is 0 Å². The Labute approximate surface area is 164 Å². The Morgan fingerprint density at radius 2 is 1.63 bits per heavy atom. The second-order valence-corrected chi connectivity index (χ2v) is 13.6. The van der Waals surface area contributed by atoms with Gasteiger partial charge in [0.05, 0.1) is 0 Å². The van der Waals surface area contributed by atoms with Gasteiger partial charge in [-0.1, -0.05) is 39.0 Å². The number of aryl methyl sites for hydroxylation is 2. The number of carbonyl (C=O) groups excluding carboxylic acids is 1. The smallest absolute Gasteiger partial charge is 0.242 e. The SMILES string of the molecule is Cc1cccc(C)c1OCc1cc(O[Si](C)(C)C)cc(C(C)(C)C)c1C=O. The molecule has 2 rings (SSSR count). The molecule has 0 aromatic heterocycles. The fraction of sp³-hybridized carbons (Fsp3) is 0.435. The molecule has 0 aliphatic heterocycles. The van der Waals surface area contributed by atoms with Crippen molar-refractivity contribution in [3.63, 3.8) is 0 Å². The zero-order valence-electron chi connectivity index (χ0n) is 17.9. The van der Waals surface area contributed by atoms with Gasteiger partial charge in [-0.05, 0) is 67.7 Å². The Kier molecular flexibility index (Phi) is 6.20. The number of hydrogen-bond acceptors (Lipinski definition) is 3. The molecule has 27 heavy (non-hydrogen) atoms. The number of rotatable bonds is 6. The highest BCUT2D eigenvalue weighted by Gasteiger charge is 2.24. The van der Waals surface area contributed by atoms with E-state index in [0.29, 0.717) is 12.2 Å². The van der Waals surface area contributed by atoms with Gasteiger partial charge in [0, 0.05) is 11.1 Å². The van der Waals surface area contributed by atoms with Gasteiger partial charge in [-0.25, -0.2) is 0 Å². The van der Waals surface area contributed by atoms with Crippen LogP contribution in [-0.2, 0) is 12.0 Å². The molecule has 0 aliphatic carbocycles. The minimum atomic E-state index is -1.76. The minimum absolute atomic E-state index is 0.164. The number of aldehydes is 1. The third-order valence-electron chi connectivity index (χ3n) is 4.37. The first-order chi connectivity index (χ1) is 12.4. The standard InChI is InChI=1S/C23H32O3Si/c1-16-10-9-11-17(2)22(16)25-15-18-12-19(26-27(6,7)8)13-21(20(18)14-24)23(3,4)5/h9-14H,15H2,1-8H3. The van der Waals surface area contributed by atoms with Gasteiger partial charge in [0.25, 0.3) is 0 Å². The number of benzene rings is 2. The van der Waals surface area contributed by atoms with Crippen LogP contribution in [0.3, 0.4) is 0 Å². The highest BCUT2D eigenvalue weighted by atomic mass is 28.4. The van der Waals surface area contributed by atoms with Crippen LogP contribution in [0.4, 0.5) is 0 Å². The highest BCUT2D eigenvalue weighted by Crippen LogP contribution is 2.33. The number of carbonyl (C=O) groups is 1. The molecule has 3 nitrogen and oxygen atoms in total. The Hall–Kier alpha value is -2.07. The van der Waals surface area contributed by atoms with Crippen LogP contribution in [0.25, 0.3) is 0 Å². The molecule has 0 saturated heterocycles. The summed E-state index contributed by atoms with van der Waals surface area (Å²) in [6.07, 6.45) is 0.947. The zero-order valence-corrected chi connectivity index (χ0v) is 18.9. The summed E-state index contributed by atoms with van der Waals surface area (Å²) >= 11 is 0. The van der Waals surface area contributed by atoms with Crippen LogP contribution >= 0.6 is 0 Å². The first-order valence-electron chi connectivity index (χ1n) is 9.43. The Morgan fingerprint density at radius 3 is 2.11 bits per heavy atom. The number of ether oxygens (including phenoxy) is 1. The molecular formula is C23H32O3Si. The van der Waals surface area contributed by atoms with Crippen LogP contribution < -0.4 is 9.16 Å². The van der Waals surface area contributed by atoms with Gasteiger partial charge < -0.3 is 9.16 Å². The topological polar surface area (TPSA) is 35.5 Å². The van der Waals surface area contributed by atoms with Gasteiger partial charge in [0.2, 0.25) is 8.32 Å². The van der Waals surface area contributed by atoms with Crippen molar-refractivity contribution < 1.29 is 14.0 Å². The molecule has 2 aromatic carbocycles. The molecule has 0 amide bonds. The molecule has 0 spiro atoms. The van der Waals surface area contributed by atoms with Crippen molar-refractivity contribution in [3.05, 3.63) is 58.1 Å². The van der Waals surface area contributed by atoms with Gasteiger partial charge in [-0.3, -0.25) is 4.79 Å². The molecule has 0 unspecified atom stereocenters. The van der Waals surface area contributed by atoms with E-state index in [2.05, 4.69) is 40.4 Å². The van der Waals surface area contributed by atoms with Crippen molar-refractivity contribution in [3.8, 4) is 11.5 Å². The van der Waals surface area contributed by atoms with Crippen molar-refractivity contribution in [2.24, 2.45) is 0 Å². The Morgan fingerprint density at radius 1 is 1.04 bits per heavy atom. The van der Waals surface area contributed by atoms with Crippen molar-refractivity contribution in [1.29, 1.82) is 0 Å². The van der Waals surface area contributed by atoms with Crippen LogP contribution in [0, 0.1) is 13.8 Å². The summed E-state index contributed by atoms with van der Waals surface area (Å²) < 4.78 is 12.4. The van der Waals surface area contributed by atoms with Crippen LogP contribution in [0.5, 0.6) is 11.5 Å². The molecule has 0 heterocycles. The first kappa shape index (κ1) is 21.2. The lowest BCUT2D eigenvalue weighted by Crippen LogP contribution is -2.29. The summed E-state index contributed by atoms with van der Waals surface area (Å²) in [6.45, 7) is 17.2. The lowest BCUT2D eigenvalue weighted by Gasteiger charge is -2.27. The third kappa shape index (κ3) is 5.45. The quantitative estimate of drug-likeness (QED) is 0.439. The van der Waals surface area contributed by atoms with E-state index in [4.69, 9.17) is 9.16 Å². The molecule has 0 saturated carbocycles. The summed E-state index contributed by atoms with van der Waals surface area (Å²) in [6, 6.07) is 10.1. The predicted molar refractivity (Wildman–Crippen MR) is 115 cm³/mol. The summed E-state index contributed by atoms with van der Waals surface area (Å²) in [5.74, 6) is 1.70. The number of hydrogen-bond donors (Lipinski definition) is 0. The van der Waals surface area contributed by atoms with Gasteiger partial charge in [0.15, 0.2) is 6.29 Å². The molecule has 2 aromatic rings. The van der Waals surface area contributed by atoms with Crippen LogP contribution in [0.15, 0.2) is 30.3 Å². The first-order valence-corrected chi connectivity index (χ1v) is 12.8. The lowest BCUT2D eigenvalue weighted by atomic mass is 9.82. The van der Waals surface area contributed by atoms with Crippen LogP contribution in [-0.4, -0.2) is 14.6 Å². The monoisotopic (exact) mass is 384 g/mol. The second-order valence-electron chi connectivity index (χ2n) is 9.14. The molecule has 0 aliphatic rings. The van der Waals surface area contributed by atoms with Crippen molar-refractivity contribution in [2.75, 3.05) is 0 Å². The largest absolute Gasteiger partial charge is 0.544 e. The zero-order chi connectivity index (χ0) is 20.4. The van der Waals surface area contributed by atoms with Gasteiger partial charge in [-0.2, -0.15) is 0 Å². The minimum Gasteiger partial charge on any atom is -0.544 e. The van der Waals surface area contributed by atoms with Gasteiger partial charge in [0.1, 0.15) is 18.1 Å². The normalized spacial score (nSPS) is 12.0. The van der Waals surface area contributed by atoms with Crippen molar-refractivity contribution in [1.82, 2.24) is 0 Å². The van der Waals surface area contributed by atoms with E-state index in [9.17, 15) is 4.79 Å². The fourth-order valence-corrected chi connectivity index (χ4v) is 3.98. The summed E-state index contributed by atoms with van der Waals surface area (Å²) in [5, 5.41) is 0. The number of para-hydroxylation sites is 1. The highest BCUT2D eigenvalue weighted by molar-refractivity contribution is 6.70. The maximum atomic E-state index is 11.9. The molecule has 0 bridgehead atoms. The summed E-state index contributed by atoms with van der Waals surface area (Å²) in [7, 11) is -1.76. The second kappa shape index (κ2) is 7.89. The summed E-state index contributed by atoms with van der Waals surface area (Å²) in [5.41, 5.74) is 4.59. The van der Waals surface area contributed by atoms with E-state index < -0.39 is 8.32 Å². The van der Waals surface area contributed by atoms with Crippen LogP contribution in [0.1, 0.15) is 53.4 Å². The maximum Gasteiger partial charge on any atom is 0.242 e. The van der Waals surface area contributed by atoms with E-state index in [-0.39, 0.29) is 5.41 Å². The Bertz CT molecular complexity index is 806. The van der Waals surface area contributed by atoms with E-state index in [0.717, 1.165) is 40.0 Å². The Balaban J connectivity index is 2.49. The van der Waals surface area contributed by atoms with Crippen molar-refractivity contribution >= 4 is 14.6 Å². The average molecular weight is 385 g/mol. The molecular weight excluding hydrogens is 352 g/mol. The molecule has 0 radical (unpaired) electrons. The van der Waals surface area contributed by atoms with E-state index in [1.807, 2.05) is 44.2 Å². The van der Waals surface area contributed by atoms with E-state index in [1.165, 1.54) is 0 Å². The average Bonchev–Trinajstić information content (AvgIpc) is 2.51.